The maximum atomic E-state index is 6.56. The number of rotatable bonds is 2. The summed E-state index contributed by atoms with van der Waals surface area (Å²) < 4.78 is 0. The molecule has 28 heavy (non-hydrogen) atoms. The Morgan fingerprint density at radius 2 is 1.50 bits per heavy atom. The third-order valence-corrected chi connectivity index (χ3v) is 7.03. The van der Waals surface area contributed by atoms with Crippen molar-refractivity contribution in [1.82, 2.24) is 0 Å². The molecule has 0 spiro atoms. The molecule has 0 heterocycles. The first-order valence-electron chi connectivity index (χ1n) is 10.7. The van der Waals surface area contributed by atoms with E-state index in [-0.39, 0.29) is 5.41 Å². The molecule has 0 aromatic heterocycles. The van der Waals surface area contributed by atoms with E-state index in [0.29, 0.717) is 0 Å². The van der Waals surface area contributed by atoms with Gasteiger partial charge in [0.2, 0.25) is 0 Å². The van der Waals surface area contributed by atoms with Crippen LogP contribution in [-0.4, -0.2) is 0 Å². The highest BCUT2D eigenvalue weighted by Crippen LogP contribution is 2.53. The lowest BCUT2D eigenvalue weighted by Crippen LogP contribution is -2.17. The summed E-state index contributed by atoms with van der Waals surface area (Å²) in [6.07, 6.45) is 6.82. The quantitative estimate of drug-likeness (QED) is 0.473. The third kappa shape index (κ3) is 2.60. The molecule has 0 bridgehead atoms. The Morgan fingerprint density at radius 3 is 2.25 bits per heavy atom. The van der Waals surface area contributed by atoms with E-state index in [9.17, 15) is 0 Å². The summed E-state index contributed by atoms with van der Waals surface area (Å²) in [5, 5.41) is 0. The standard InChI is InChI=1S/C27H29N/c1-27(2)23-11-7-6-10-21(23)22-16-17-24(28)25(26(22)27)20-14-12-19(13-15-20)18-8-4-3-5-9-18/h6-7,10-18H,3-5,8-9,28H2,1-2H3. The van der Waals surface area contributed by atoms with Gasteiger partial charge in [-0.25, -0.2) is 0 Å². The molecular formula is C27H29N. The van der Waals surface area contributed by atoms with Crippen molar-refractivity contribution in [2.24, 2.45) is 0 Å². The van der Waals surface area contributed by atoms with Gasteiger partial charge >= 0.3 is 0 Å². The van der Waals surface area contributed by atoms with Gasteiger partial charge in [0.15, 0.2) is 0 Å². The van der Waals surface area contributed by atoms with Gasteiger partial charge in [-0.3, -0.25) is 0 Å². The molecule has 5 rings (SSSR count). The molecule has 142 valence electrons. The topological polar surface area (TPSA) is 26.0 Å². The monoisotopic (exact) mass is 367 g/mol. The molecule has 0 atom stereocenters. The SMILES string of the molecule is CC1(C)c2ccccc2-c2ccc(N)c(-c3ccc(C4CCCCC4)cc3)c21. The van der Waals surface area contributed by atoms with Gasteiger partial charge in [-0.15, -0.1) is 0 Å². The molecule has 3 aromatic carbocycles. The molecule has 0 saturated heterocycles. The minimum absolute atomic E-state index is 0.0430. The van der Waals surface area contributed by atoms with Crippen molar-refractivity contribution in [3.63, 3.8) is 0 Å². The molecule has 2 aliphatic carbocycles. The third-order valence-electron chi connectivity index (χ3n) is 7.03. The lowest BCUT2D eigenvalue weighted by atomic mass is 9.78. The number of fused-ring (bicyclic) bond motifs is 3. The highest BCUT2D eigenvalue weighted by molar-refractivity contribution is 5.93. The van der Waals surface area contributed by atoms with Gasteiger partial charge in [0.05, 0.1) is 0 Å². The van der Waals surface area contributed by atoms with Crippen LogP contribution in [0.5, 0.6) is 0 Å². The molecule has 1 saturated carbocycles. The zero-order chi connectivity index (χ0) is 19.3. The number of hydrogen-bond donors (Lipinski definition) is 1. The van der Waals surface area contributed by atoms with Crippen molar-refractivity contribution in [3.05, 3.63) is 77.4 Å². The van der Waals surface area contributed by atoms with Gasteiger partial charge in [0.25, 0.3) is 0 Å². The summed E-state index contributed by atoms with van der Waals surface area (Å²) in [4.78, 5) is 0. The van der Waals surface area contributed by atoms with Gasteiger partial charge in [-0.1, -0.05) is 87.7 Å². The van der Waals surface area contributed by atoms with Crippen LogP contribution in [-0.2, 0) is 5.41 Å². The lowest BCUT2D eigenvalue weighted by molar-refractivity contribution is 0.443. The minimum Gasteiger partial charge on any atom is -0.398 e. The molecule has 2 aliphatic rings. The Bertz CT molecular complexity index is 1020. The van der Waals surface area contributed by atoms with Crippen LogP contribution in [0.3, 0.4) is 0 Å². The van der Waals surface area contributed by atoms with Crippen LogP contribution in [0.15, 0.2) is 60.7 Å². The zero-order valence-corrected chi connectivity index (χ0v) is 17.0. The Morgan fingerprint density at radius 1 is 0.786 bits per heavy atom. The summed E-state index contributed by atoms with van der Waals surface area (Å²) in [7, 11) is 0. The number of anilines is 1. The van der Waals surface area contributed by atoms with Gasteiger partial charge in [0, 0.05) is 16.7 Å². The van der Waals surface area contributed by atoms with Gasteiger partial charge in [-0.05, 0) is 58.2 Å². The summed E-state index contributed by atoms with van der Waals surface area (Å²) in [5.41, 5.74) is 16.8. The lowest BCUT2D eigenvalue weighted by Gasteiger charge is -2.26. The zero-order valence-electron chi connectivity index (χ0n) is 17.0. The second kappa shape index (κ2) is 6.51. The fourth-order valence-electron chi connectivity index (χ4n) is 5.56. The van der Waals surface area contributed by atoms with Crippen LogP contribution in [0.2, 0.25) is 0 Å². The van der Waals surface area contributed by atoms with E-state index in [0.717, 1.165) is 11.6 Å². The number of hydrogen-bond acceptors (Lipinski definition) is 1. The van der Waals surface area contributed by atoms with Crippen LogP contribution in [0.25, 0.3) is 22.3 Å². The van der Waals surface area contributed by atoms with Crippen LogP contribution in [0.1, 0.15) is 68.6 Å². The van der Waals surface area contributed by atoms with E-state index in [1.807, 2.05) is 0 Å². The van der Waals surface area contributed by atoms with Gasteiger partial charge in [0.1, 0.15) is 0 Å². The van der Waals surface area contributed by atoms with E-state index >= 15 is 0 Å². The molecular weight excluding hydrogens is 338 g/mol. The highest BCUT2D eigenvalue weighted by atomic mass is 14.6. The van der Waals surface area contributed by atoms with Crippen molar-refractivity contribution in [2.45, 2.75) is 57.3 Å². The van der Waals surface area contributed by atoms with Crippen molar-refractivity contribution in [2.75, 3.05) is 5.73 Å². The van der Waals surface area contributed by atoms with Crippen LogP contribution < -0.4 is 5.73 Å². The maximum Gasteiger partial charge on any atom is 0.0397 e. The van der Waals surface area contributed by atoms with Crippen LogP contribution >= 0.6 is 0 Å². The summed E-state index contributed by atoms with van der Waals surface area (Å²) >= 11 is 0. The second-order valence-corrected chi connectivity index (χ2v) is 9.08. The van der Waals surface area contributed by atoms with Crippen molar-refractivity contribution >= 4 is 5.69 Å². The highest BCUT2D eigenvalue weighted by Gasteiger charge is 2.38. The predicted octanol–water partition coefficient (Wildman–Crippen LogP) is 7.29. The second-order valence-electron chi connectivity index (χ2n) is 9.08. The number of nitrogens with two attached hydrogens (primary N) is 1. The molecule has 0 aliphatic heterocycles. The summed E-state index contributed by atoms with van der Waals surface area (Å²) in [6.45, 7) is 4.66. The first-order chi connectivity index (χ1) is 13.6. The van der Waals surface area contributed by atoms with Crippen LogP contribution in [0, 0.1) is 0 Å². The van der Waals surface area contributed by atoms with Gasteiger partial charge in [-0.2, -0.15) is 0 Å². The van der Waals surface area contributed by atoms with E-state index in [1.165, 1.54) is 71.0 Å². The normalized spacial score (nSPS) is 17.9. The molecule has 2 N–H and O–H groups in total. The van der Waals surface area contributed by atoms with E-state index < -0.39 is 0 Å². The summed E-state index contributed by atoms with van der Waals surface area (Å²) in [6, 6.07) is 22.4. The molecule has 1 heteroatoms. The fourth-order valence-corrected chi connectivity index (χ4v) is 5.56. The first-order valence-corrected chi connectivity index (χ1v) is 10.7. The largest absolute Gasteiger partial charge is 0.398 e. The molecule has 3 aromatic rings. The molecule has 1 fully saturated rings. The smallest absolute Gasteiger partial charge is 0.0397 e. The van der Waals surface area contributed by atoms with Crippen LogP contribution in [0.4, 0.5) is 5.69 Å². The molecule has 0 unspecified atom stereocenters. The summed E-state index contributed by atoms with van der Waals surface area (Å²) in [5.74, 6) is 0.738. The van der Waals surface area contributed by atoms with Crippen molar-refractivity contribution in [3.8, 4) is 22.3 Å². The van der Waals surface area contributed by atoms with Crippen molar-refractivity contribution < 1.29 is 0 Å². The Hall–Kier alpha value is -2.54. The number of nitrogen functional groups attached to an aromatic ring is 1. The fraction of sp³-hybridized carbons (Fsp3) is 0.333. The van der Waals surface area contributed by atoms with E-state index in [1.54, 1.807) is 0 Å². The maximum absolute atomic E-state index is 6.56. The Balaban J connectivity index is 1.62. The van der Waals surface area contributed by atoms with Crippen molar-refractivity contribution in [1.29, 1.82) is 0 Å². The average molecular weight is 368 g/mol. The predicted molar refractivity (Wildman–Crippen MR) is 120 cm³/mol. The Labute approximate surface area is 168 Å². The van der Waals surface area contributed by atoms with E-state index in [2.05, 4.69) is 74.5 Å². The first kappa shape index (κ1) is 17.6. The average Bonchev–Trinajstić information content (AvgIpc) is 2.96. The van der Waals surface area contributed by atoms with Gasteiger partial charge < -0.3 is 5.73 Å². The number of benzene rings is 3. The molecule has 0 amide bonds. The molecule has 1 nitrogen and oxygen atoms in total. The molecule has 0 radical (unpaired) electrons. The Kier molecular flexibility index (Phi) is 4.08. The van der Waals surface area contributed by atoms with E-state index in [4.69, 9.17) is 5.73 Å². The minimum atomic E-state index is -0.0430.